The zero-order valence-electron chi connectivity index (χ0n) is 9.73. The number of ether oxygens (including phenoxy) is 2. The van der Waals surface area contributed by atoms with Crippen molar-refractivity contribution in [3.63, 3.8) is 0 Å². The van der Waals surface area contributed by atoms with Crippen LogP contribution in [0, 0.1) is 0 Å². The second-order valence-corrected chi connectivity index (χ2v) is 3.50. The van der Waals surface area contributed by atoms with Gasteiger partial charge in [0.15, 0.2) is 0 Å². The van der Waals surface area contributed by atoms with Gasteiger partial charge >= 0.3 is 0 Å². The molecule has 5 heteroatoms. The Bertz CT molecular complexity index is 508. The van der Waals surface area contributed by atoms with Crippen molar-refractivity contribution in [3.8, 4) is 22.8 Å². The van der Waals surface area contributed by atoms with E-state index in [1.807, 2.05) is 18.2 Å². The van der Waals surface area contributed by atoms with E-state index in [2.05, 4.69) is 10.2 Å². The van der Waals surface area contributed by atoms with Gasteiger partial charge in [-0.15, -0.1) is 0 Å². The quantitative estimate of drug-likeness (QED) is 0.843. The van der Waals surface area contributed by atoms with Gasteiger partial charge in [0, 0.05) is 5.56 Å². The van der Waals surface area contributed by atoms with Crippen LogP contribution in [0.3, 0.4) is 0 Å². The number of H-pyrrole nitrogens is 1. The third-order valence-electron chi connectivity index (χ3n) is 2.48. The molecule has 2 N–H and O–H groups in total. The molecule has 0 aliphatic carbocycles. The largest absolute Gasteiger partial charge is 0.497 e. The molecule has 90 valence electrons. The summed E-state index contributed by atoms with van der Waals surface area (Å²) in [7, 11) is 3.21. The van der Waals surface area contributed by atoms with Gasteiger partial charge < -0.3 is 14.6 Å². The van der Waals surface area contributed by atoms with Crippen LogP contribution in [0.5, 0.6) is 11.5 Å². The number of aliphatic hydroxyl groups is 1. The minimum absolute atomic E-state index is 0.0702. The lowest BCUT2D eigenvalue weighted by Crippen LogP contribution is -1.90. The molecule has 0 unspecified atom stereocenters. The number of rotatable bonds is 4. The molecular weight excluding hydrogens is 220 g/mol. The molecule has 0 aliphatic rings. The Labute approximate surface area is 99.0 Å². The second-order valence-electron chi connectivity index (χ2n) is 3.50. The van der Waals surface area contributed by atoms with Crippen LogP contribution in [0.4, 0.5) is 0 Å². The van der Waals surface area contributed by atoms with Gasteiger partial charge in [-0.25, -0.2) is 0 Å². The van der Waals surface area contributed by atoms with Gasteiger partial charge in [-0.05, 0) is 24.3 Å². The van der Waals surface area contributed by atoms with E-state index < -0.39 is 0 Å². The van der Waals surface area contributed by atoms with Gasteiger partial charge in [0.2, 0.25) is 0 Å². The van der Waals surface area contributed by atoms with Crippen LogP contribution < -0.4 is 9.47 Å². The first-order chi connectivity index (χ1) is 8.28. The SMILES string of the molecule is COc1ccc(OC)c(-c2cc(CO)[nH]n2)c1. The Morgan fingerprint density at radius 1 is 1.24 bits per heavy atom. The minimum atomic E-state index is -0.0702. The molecule has 0 bridgehead atoms. The van der Waals surface area contributed by atoms with Crippen molar-refractivity contribution in [2.75, 3.05) is 14.2 Å². The number of nitrogens with one attached hydrogen (secondary N) is 1. The smallest absolute Gasteiger partial charge is 0.128 e. The zero-order chi connectivity index (χ0) is 12.3. The molecule has 0 saturated carbocycles. The van der Waals surface area contributed by atoms with Gasteiger partial charge in [0.05, 0.1) is 32.2 Å². The number of methoxy groups -OCH3 is 2. The summed E-state index contributed by atoms with van der Waals surface area (Å²) in [4.78, 5) is 0. The summed E-state index contributed by atoms with van der Waals surface area (Å²) in [5.74, 6) is 1.44. The van der Waals surface area contributed by atoms with E-state index >= 15 is 0 Å². The van der Waals surface area contributed by atoms with Crippen LogP contribution in [0.15, 0.2) is 24.3 Å². The fourth-order valence-electron chi connectivity index (χ4n) is 1.59. The maximum Gasteiger partial charge on any atom is 0.128 e. The van der Waals surface area contributed by atoms with Gasteiger partial charge in [0.1, 0.15) is 11.5 Å². The highest BCUT2D eigenvalue weighted by atomic mass is 16.5. The first kappa shape index (κ1) is 11.5. The molecule has 17 heavy (non-hydrogen) atoms. The number of aromatic nitrogens is 2. The van der Waals surface area contributed by atoms with Gasteiger partial charge in [-0.1, -0.05) is 0 Å². The van der Waals surface area contributed by atoms with E-state index in [1.54, 1.807) is 20.3 Å². The molecule has 2 aromatic rings. The molecular formula is C12H14N2O3. The Hall–Kier alpha value is -2.01. The molecule has 1 heterocycles. The summed E-state index contributed by atoms with van der Waals surface area (Å²) in [5, 5.41) is 15.9. The average Bonchev–Trinajstić information content (AvgIpc) is 2.86. The van der Waals surface area contributed by atoms with E-state index in [9.17, 15) is 0 Å². The lowest BCUT2D eigenvalue weighted by molar-refractivity contribution is 0.276. The van der Waals surface area contributed by atoms with E-state index in [0.717, 1.165) is 11.3 Å². The molecule has 0 fully saturated rings. The highest BCUT2D eigenvalue weighted by molar-refractivity contribution is 5.69. The lowest BCUT2D eigenvalue weighted by Gasteiger charge is -2.08. The molecule has 1 aromatic heterocycles. The molecule has 5 nitrogen and oxygen atoms in total. The summed E-state index contributed by atoms with van der Waals surface area (Å²) in [6, 6.07) is 7.26. The molecule has 0 radical (unpaired) electrons. The third kappa shape index (κ3) is 2.24. The summed E-state index contributed by atoms with van der Waals surface area (Å²) >= 11 is 0. The maximum atomic E-state index is 9.00. The van der Waals surface area contributed by atoms with Crippen molar-refractivity contribution >= 4 is 0 Å². The monoisotopic (exact) mass is 234 g/mol. The number of nitrogens with zero attached hydrogens (tertiary/aromatic N) is 1. The molecule has 0 saturated heterocycles. The van der Waals surface area contributed by atoms with Crippen molar-refractivity contribution in [2.45, 2.75) is 6.61 Å². The van der Waals surface area contributed by atoms with Gasteiger partial charge in [-0.2, -0.15) is 5.10 Å². The van der Waals surface area contributed by atoms with Crippen LogP contribution in [0.1, 0.15) is 5.69 Å². The van der Waals surface area contributed by atoms with E-state index in [1.165, 1.54) is 0 Å². The van der Waals surface area contributed by atoms with Crippen molar-refractivity contribution in [3.05, 3.63) is 30.0 Å². The number of benzene rings is 1. The van der Waals surface area contributed by atoms with Crippen LogP contribution in [-0.2, 0) is 6.61 Å². The Balaban J connectivity index is 2.47. The molecule has 1 aromatic carbocycles. The lowest BCUT2D eigenvalue weighted by atomic mass is 10.1. The molecule has 0 amide bonds. The summed E-state index contributed by atoms with van der Waals surface area (Å²) in [6.07, 6.45) is 0. The van der Waals surface area contributed by atoms with E-state index in [-0.39, 0.29) is 6.61 Å². The highest BCUT2D eigenvalue weighted by Gasteiger charge is 2.10. The number of hydrogen-bond acceptors (Lipinski definition) is 4. The number of hydrogen-bond donors (Lipinski definition) is 2. The Morgan fingerprint density at radius 3 is 2.65 bits per heavy atom. The normalized spacial score (nSPS) is 10.3. The molecule has 0 atom stereocenters. The Morgan fingerprint density at radius 2 is 2.06 bits per heavy atom. The van der Waals surface area contributed by atoms with Crippen molar-refractivity contribution in [2.24, 2.45) is 0 Å². The zero-order valence-corrected chi connectivity index (χ0v) is 9.73. The third-order valence-corrected chi connectivity index (χ3v) is 2.48. The first-order valence-corrected chi connectivity index (χ1v) is 5.16. The summed E-state index contributed by atoms with van der Waals surface area (Å²) in [6.45, 7) is -0.0702. The van der Waals surface area contributed by atoms with Gasteiger partial charge in [-0.3, -0.25) is 5.10 Å². The number of aromatic amines is 1. The highest BCUT2D eigenvalue weighted by Crippen LogP contribution is 2.32. The van der Waals surface area contributed by atoms with Gasteiger partial charge in [0.25, 0.3) is 0 Å². The summed E-state index contributed by atoms with van der Waals surface area (Å²) < 4.78 is 10.4. The average molecular weight is 234 g/mol. The molecule has 0 spiro atoms. The van der Waals surface area contributed by atoms with Crippen LogP contribution in [0.25, 0.3) is 11.3 Å². The second kappa shape index (κ2) is 4.88. The van der Waals surface area contributed by atoms with Crippen molar-refractivity contribution < 1.29 is 14.6 Å². The Kier molecular flexibility index (Phi) is 3.30. The van der Waals surface area contributed by atoms with Crippen molar-refractivity contribution in [1.82, 2.24) is 10.2 Å². The fourth-order valence-corrected chi connectivity index (χ4v) is 1.59. The van der Waals surface area contributed by atoms with E-state index in [4.69, 9.17) is 14.6 Å². The first-order valence-electron chi connectivity index (χ1n) is 5.16. The molecule has 2 rings (SSSR count). The van der Waals surface area contributed by atoms with Crippen LogP contribution in [0.2, 0.25) is 0 Å². The van der Waals surface area contributed by atoms with E-state index in [0.29, 0.717) is 17.1 Å². The predicted molar refractivity (Wildman–Crippen MR) is 63.1 cm³/mol. The van der Waals surface area contributed by atoms with Crippen LogP contribution in [-0.4, -0.2) is 29.5 Å². The van der Waals surface area contributed by atoms with Crippen LogP contribution >= 0.6 is 0 Å². The summed E-state index contributed by atoms with van der Waals surface area (Å²) in [5.41, 5.74) is 2.19. The minimum Gasteiger partial charge on any atom is -0.497 e. The fraction of sp³-hybridized carbons (Fsp3) is 0.250. The standard InChI is InChI=1S/C12H14N2O3/c1-16-9-3-4-12(17-2)10(6-9)11-5-8(7-15)13-14-11/h3-6,15H,7H2,1-2H3,(H,13,14). The maximum absolute atomic E-state index is 9.00. The molecule has 0 aliphatic heterocycles. The predicted octanol–water partition coefficient (Wildman–Crippen LogP) is 1.59. The van der Waals surface area contributed by atoms with Crippen molar-refractivity contribution in [1.29, 1.82) is 0 Å². The topological polar surface area (TPSA) is 67.4 Å². The number of aliphatic hydroxyl groups excluding tert-OH is 1.